The molecule has 0 unspecified atom stereocenters. The van der Waals surface area contributed by atoms with Gasteiger partial charge in [0, 0.05) is 41.9 Å². The Labute approximate surface area is 194 Å². The Hall–Kier alpha value is -3.25. The normalized spacial score (nSPS) is 13.2. The molecular weight excluding hydrogens is 416 g/mol. The monoisotopic (exact) mass is 446 g/mol. The largest absolute Gasteiger partial charge is 0.496 e. The summed E-state index contributed by atoms with van der Waals surface area (Å²) < 4.78 is 10.8. The first-order valence-corrected chi connectivity index (χ1v) is 11.5. The molecule has 1 heterocycles. The summed E-state index contributed by atoms with van der Waals surface area (Å²) in [6.45, 7) is 3.32. The molecule has 0 spiro atoms. The highest BCUT2D eigenvalue weighted by Crippen LogP contribution is 2.35. The molecule has 0 radical (unpaired) electrons. The van der Waals surface area contributed by atoms with Crippen LogP contribution in [0.2, 0.25) is 0 Å². The van der Waals surface area contributed by atoms with Crippen molar-refractivity contribution in [3.8, 4) is 16.9 Å². The van der Waals surface area contributed by atoms with E-state index >= 15 is 0 Å². The van der Waals surface area contributed by atoms with Crippen molar-refractivity contribution < 1.29 is 19.1 Å². The van der Waals surface area contributed by atoms with Gasteiger partial charge in [-0.25, -0.2) is 0 Å². The lowest BCUT2D eigenvalue weighted by molar-refractivity contribution is -0.142. The van der Waals surface area contributed by atoms with E-state index in [9.17, 15) is 9.59 Å². The quantitative estimate of drug-likeness (QED) is 0.346. The van der Waals surface area contributed by atoms with Gasteiger partial charge in [-0.05, 0) is 49.6 Å². The highest BCUT2D eigenvalue weighted by atomic mass is 16.5. The fourth-order valence-electron chi connectivity index (χ4n) is 4.01. The number of rotatable bonds is 11. The SMILES string of the molecule is CCOC(=O)Cc1ccc(OC)c(-c2cc3ccccc3nc2CNCCC(=O)C2CC2)c1. The number of carbonyl (C=O) groups is 2. The number of nitrogens with zero attached hydrogens (tertiary/aromatic N) is 1. The van der Waals surface area contributed by atoms with Gasteiger partial charge in [0.2, 0.25) is 0 Å². The van der Waals surface area contributed by atoms with Crippen LogP contribution in [0.4, 0.5) is 0 Å². The summed E-state index contributed by atoms with van der Waals surface area (Å²) in [5, 5.41) is 4.42. The molecule has 1 saturated carbocycles. The second-order valence-electron chi connectivity index (χ2n) is 8.36. The van der Waals surface area contributed by atoms with Gasteiger partial charge in [-0.3, -0.25) is 14.6 Å². The number of Topliss-reactive ketones (excluding diaryl/α,β-unsaturated/α-hetero) is 1. The van der Waals surface area contributed by atoms with Gasteiger partial charge < -0.3 is 14.8 Å². The molecular formula is C27H30N2O4. The van der Waals surface area contributed by atoms with Crippen molar-refractivity contribution in [3.05, 3.63) is 59.8 Å². The number of hydrogen-bond acceptors (Lipinski definition) is 6. The highest BCUT2D eigenvalue weighted by Gasteiger charge is 2.28. The smallest absolute Gasteiger partial charge is 0.310 e. The zero-order chi connectivity index (χ0) is 23.2. The fourth-order valence-corrected chi connectivity index (χ4v) is 4.01. The molecule has 2 aromatic carbocycles. The zero-order valence-electron chi connectivity index (χ0n) is 19.2. The van der Waals surface area contributed by atoms with Crippen LogP contribution < -0.4 is 10.1 Å². The predicted molar refractivity (Wildman–Crippen MR) is 128 cm³/mol. The van der Waals surface area contributed by atoms with Crippen molar-refractivity contribution in [2.75, 3.05) is 20.3 Å². The number of ketones is 1. The van der Waals surface area contributed by atoms with Crippen molar-refractivity contribution in [2.24, 2.45) is 5.92 Å². The predicted octanol–water partition coefficient (Wildman–Crippen LogP) is 4.47. The molecule has 0 amide bonds. The maximum atomic E-state index is 12.0. The summed E-state index contributed by atoms with van der Waals surface area (Å²) >= 11 is 0. The lowest BCUT2D eigenvalue weighted by atomic mass is 9.97. The van der Waals surface area contributed by atoms with Gasteiger partial charge >= 0.3 is 5.97 Å². The Morgan fingerprint density at radius 3 is 2.67 bits per heavy atom. The van der Waals surface area contributed by atoms with Gasteiger partial charge in [0.1, 0.15) is 11.5 Å². The molecule has 172 valence electrons. The summed E-state index contributed by atoms with van der Waals surface area (Å²) in [5.74, 6) is 1.09. The van der Waals surface area contributed by atoms with Gasteiger partial charge in [-0.2, -0.15) is 0 Å². The Balaban J connectivity index is 1.65. The fraction of sp³-hybridized carbons (Fsp3) is 0.370. The van der Waals surface area contributed by atoms with Crippen LogP contribution in [0.15, 0.2) is 48.5 Å². The first-order valence-electron chi connectivity index (χ1n) is 11.5. The first kappa shape index (κ1) is 22.9. The van der Waals surface area contributed by atoms with Crippen molar-refractivity contribution in [2.45, 2.75) is 39.2 Å². The number of para-hydroxylation sites is 1. The van der Waals surface area contributed by atoms with E-state index in [-0.39, 0.29) is 18.3 Å². The Morgan fingerprint density at radius 1 is 1.09 bits per heavy atom. The maximum absolute atomic E-state index is 12.0. The van der Waals surface area contributed by atoms with Crippen molar-refractivity contribution in [1.29, 1.82) is 0 Å². The van der Waals surface area contributed by atoms with E-state index < -0.39 is 0 Å². The lowest BCUT2D eigenvalue weighted by Crippen LogP contribution is -2.19. The summed E-state index contributed by atoms with van der Waals surface area (Å²) in [6, 6.07) is 15.8. The number of pyridine rings is 1. The molecule has 0 bridgehead atoms. The Bertz CT molecular complexity index is 1150. The highest BCUT2D eigenvalue weighted by molar-refractivity contribution is 5.87. The Kier molecular flexibility index (Phi) is 7.35. The zero-order valence-corrected chi connectivity index (χ0v) is 19.2. The van der Waals surface area contributed by atoms with E-state index in [1.165, 1.54) is 0 Å². The third-order valence-electron chi connectivity index (χ3n) is 5.88. The number of ether oxygens (including phenoxy) is 2. The van der Waals surface area contributed by atoms with E-state index in [0.29, 0.717) is 37.6 Å². The van der Waals surface area contributed by atoms with Gasteiger partial charge in [0.25, 0.3) is 0 Å². The number of aromatic nitrogens is 1. The summed E-state index contributed by atoms with van der Waals surface area (Å²) in [6.07, 6.45) is 2.82. The van der Waals surface area contributed by atoms with Crippen molar-refractivity contribution in [1.82, 2.24) is 10.3 Å². The molecule has 1 aliphatic carbocycles. The molecule has 1 aliphatic rings. The maximum Gasteiger partial charge on any atom is 0.310 e. The summed E-state index contributed by atoms with van der Waals surface area (Å²) in [5.41, 5.74) is 4.46. The van der Waals surface area contributed by atoms with E-state index in [2.05, 4.69) is 11.4 Å². The van der Waals surface area contributed by atoms with Crippen LogP contribution in [0.5, 0.6) is 5.75 Å². The van der Waals surface area contributed by atoms with Crippen LogP contribution in [-0.4, -0.2) is 37.0 Å². The summed E-state index contributed by atoms with van der Waals surface area (Å²) in [7, 11) is 1.64. The molecule has 0 saturated heterocycles. The number of hydrogen-bond donors (Lipinski definition) is 1. The summed E-state index contributed by atoms with van der Waals surface area (Å²) in [4.78, 5) is 29.0. The topological polar surface area (TPSA) is 77.5 Å². The van der Waals surface area contributed by atoms with Crippen LogP contribution in [-0.2, 0) is 27.3 Å². The molecule has 1 aromatic heterocycles. The number of esters is 1. The molecule has 0 atom stereocenters. The van der Waals surface area contributed by atoms with E-state index in [4.69, 9.17) is 14.5 Å². The standard InChI is InChI=1S/C27H30N2O4/c1-3-33-27(31)15-18-8-11-26(32-2)22(14-18)21-16-20-6-4-5-7-23(20)29-24(21)17-28-13-12-25(30)19-9-10-19/h4-8,11,14,16,19,28H,3,9-10,12-13,15,17H2,1-2H3. The first-order chi connectivity index (χ1) is 16.1. The molecule has 4 rings (SSSR count). The van der Waals surface area contributed by atoms with Crippen LogP contribution >= 0.6 is 0 Å². The average molecular weight is 447 g/mol. The molecule has 1 N–H and O–H groups in total. The molecule has 0 aliphatic heterocycles. The molecule has 1 fully saturated rings. The lowest BCUT2D eigenvalue weighted by Gasteiger charge is -2.16. The van der Waals surface area contributed by atoms with Crippen molar-refractivity contribution >= 4 is 22.7 Å². The third-order valence-corrected chi connectivity index (χ3v) is 5.88. The van der Waals surface area contributed by atoms with Gasteiger partial charge in [-0.15, -0.1) is 0 Å². The number of benzene rings is 2. The van der Waals surface area contributed by atoms with Gasteiger partial charge in [0.15, 0.2) is 0 Å². The molecule has 3 aromatic rings. The number of nitrogens with one attached hydrogen (secondary N) is 1. The minimum atomic E-state index is -0.257. The van der Waals surface area contributed by atoms with E-state index in [1.54, 1.807) is 14.0 Å². The van der Waals surface area contributed by atoms with Crippen LogP contribution in [0.25, 0.3) is 22.0 Å². The number of fused-ring (bicyclic) bond motifs is 1. The molecule has 33 heavy (non-hydrogen) atoms. The van der Waals surface area contributed by atoms with Crippen LogP contribution in [0.1, 0.15) is 37.4 Å². The minimum Gasteiger partial charge on any atom is -0.496 e. The van der Waals surface area contributed by atoms with E-state index in [1.807, 2.05) is 42.5 Å². The van der Waals surface area contributed by atoms with Crippen LogP contribution in [0, 0.1) is 5.92 Å². The van der Waals surface area contributed by atoms with Gasteiger partial charge in [0.05, 0.1) is 31.3 Å². The second kappa shape index (κ2) is 10.6. The third kappa shape index (κ3) is 5.76. The molecule has 6 nitrogen and oxygen atoms in total. The van der Waals surface area contributed by atoms with Crippen LogP contribution in [0.3, 0.4) is 0 Å². The average Bonchev–Trinajstić information content (AvgIpc) is 3.67. The molecule has 6 heteroatoms. The van der Waals surface area contributed by atoms with Gasteiger partial charge in [-0.1, -0.05) is 24.3 Å². The number of carbonyl (C=O) groups excluding carboxylic acids is 2. The Morgan fingerprint density at radius 2 is 1.91 bits per heavy atom. The van der Waals surface area contributed by atoms with Crippen molar-refractivity contribution in [3.63, 3.8) is 0 Å². The minimum absolute atomic E-state index is 0.197. The van der Waals surface area contributed by atoms with E-state index in [0.717, 1.165) is 46.1 Å². The second-order valence-corrected chi connectivity index (χ2v) is 8.36. The number of methoxy groups -OCH3 is 1.